The zero-order valence-electron chi connectivity index (χ0n) is 10.00. The van der Waals surface area contributed by atoms with Crippen LogP contribution in [0.4, 0.5) is 0 Å². The molecule has 20 heavy (non-hydrogen) atoms. The molecule has 0 aliphatic heterocycles. The number of hydrogen-bond acceptors (Lipinski definition) is 2. The number of halogens is 4. The second-order valence-electron chi connectivity index (χ2n) is 3.89. The maximum atomic E-state index is 12.0. The number of rotatable bonds is 4. The summed E-state index contributed by atoms with van der Waals surface area (Å²) in [5, 5.41) is 1.35. The topological polar surface area (TPSA) is 26.3 Å². The van der Waals surface area contributed by atoms with Crippen molar-refractivity contribution in [3.63, 3.8) is 0 Å². The maximum absolute atomic E-state index is 12.0. The molecule has 0 radical (unpaired) electrons. The van der Waals surface area contributed by atoms with Gasteiger partial charge in [-0.05, 0) is 30.3 Å². The molecular formula is C14H8Cl4O2. The van der Waals surface area contributed by atoms with E-state index in [1.54, 1.807) is 30.3 Å². The molecule has 6 heteroatoms. The Labute approximate surface area is 136 Å². The number of carbonyl (C=O) groups is 1. The molecule has 0 fully saturated rings. The zero-order valence-corrected chi connectivity index (χ0v) is 13.0. The molecule has 0 spiro atoms. The van der Waals surface area contributed by atoms with Gasteiger partial charge in [-0.15, -0.1) is 0 Å². The van der Waals surface area contributed by atoms with Gasteiger partial charge >= 0.3 is 0 Å². The van der Waals surface area contributed by atoms with Crippen LogP contribution in [0.15, 0.2) is 36.4 Å². The van der Waals surface area contributed by atoms with E-state index in [0.717, 1.165) is 0 Å². The van der Waals surface area contributed by atoms with Crippen LogP contribution in [0.2, 0.25) is 20.1 Å². The Balaban J connectivity index is 2.08. The molecule has 0 bridgehead atoms. The minimum atomic E-state index is -0.236. The Morgan fingerprint density at radius 3 is 2.40 bits per heavy atom. The van der Waals surface area contributed by atoms with Crippen molar-refractivity contribution >= 4 is 52.2 Å². The van der Waals surface area contributed by atoms with Crippen LogP contribution in [-0.4, -0.2) is 12.4 Å². The highest BCUT2D eigenvalue weighted by Crippen LogP contribution is 2.31. The van der Waals surface area contributed by atoms with Crippen molar-refractivity contribution in [2.24, 2.45) is 0 Å². The molecule has 0 aliphatic carbocycles. The third kappa shape index (κ3) is 3.58. The van der Waals surface area contributed by atoms with E-state index >= 15 is 0 Å². The van der Waals surface area contributed by atoms with Gasteiger partial charge in [0.15, 0.2) is 12.4 Å². The molecule has 0 saturated carbocycles. The molecule has 0 amide bonds. The molecule has 2 aromatic carbocycles. The van der Waals surface area contributed by atoms with Crippen LogP contribution in [0.1, 0.15) is 10.4 Å². The Hall–Kier alpha value is -0.930. The third-order valence-electron chi connectivity index (χ3n) is 2.52. The molecule has 2 nitrogen and oxygen atoms in total. The van der Waals surface area contributed by atoms with E-state index in [2.05, 4.69) is 0 Å². The van der Waals surface area contributed by atoms with Gasteiger partial charge < -0.3 is 4.74 Å². The van der Waals surface area contributed by atoms with Gasteiger partial charge in [0, 0.05) is 5.56 Å². The van der Waals surface area contributed by atoms with Crippen LogP contribution in [0.25, 0.3) is 0 Å². The number of ketones is 1. The number of carbonyl (C=O) groups excluding carboxylic acids is 1. The normalized spacial score (nSPS) is 10.4. The summed E-state index contributed by atoms with van der Waals surface area (Å²) in [5.41, 5.74) is 0.414. The summed E-state index contributed by atoms with van der Waals surface area (Å²) in [7, 11) is 0. The first-order chi connectivity index (χ1) is 9.49. The van der Waals surface area contributed by atoms with E-state index in [4.69, 9.17) is 51.1 Å². The second kappa shape index (κ2) is 6.68. The van der Waals surface area contributed by atoms with E-state index in [9.17, 15) is 4.79 Å². The highest BCUT2D eigenvalue weighted by atomic mass is 35.5. The lowest BCUT2D eigenvalue weighted by Gasteiger charge is -2.08. The van der Waals surface area contributed by atoms with Gasteiger partial charge in [-0.25, -0.2) is 0 Å². The van der Waals surface area contributed by atoms with Gasteiger partial charge in [-0.3, -0.25) is 4.79 Å². The number of ether oxygens (including phenoxy) is 1. The first-order valence-electron chi connectivity index (χ1n) is 5.54. The predicted molar refractivity (Wildman–Crippen MR) is 82.7 cm³/mol. The lowest BCUT2D eigenvalue weighted by molar-refractivity contribution is 0.0921. The van der Waals surface area contributed by atoms with Crippen LogP contribution >= 0.6 is 46.4 Å². The summed E-state index contributed by atoms with van der Waals surface area (Å²) in [4.78, 5) is 12.0. The van der Waals surface area contributed by atoms with Crippen molar-refractivity contribution in [3.05, 3.63) is 62.1 Å². The number of hydrogen-bond donors (Lipinski definition) is 0. The quantitative estimate of drug-likeness (QED) is 0.675. The monoisotopic (exact) mass is 348 g/mol. The van der Waals surface area contributed by atoms with Crippen LogP contribution < -0.4 is 4.74 Å². The smallest absolute Gasteiger partial charge is 0.200 e. The van der Waals surface area contributed by atoms with Crippen LogP contribution in [-0.2, 0) is 0 Å². The molecule has 0 N–H and O–H groups in total. The summed E-state index contributed by atoms with van der Waals surface area (Å²) >= 11 is 23.5. The molecular weight excluding hydrogens is 342 g/mol. The molecule has 2 aromatic rings. The SMILES string of the molecule is O=C(COc1cccc(Cl)c1Cl)c1ccc(Cl)c(Cl)c1. The molecule has 0 heterocycles. The molecule has 0 unspecified atom stereocenters. The lowest BCUT2D eigenvalue weighted by Crippen LogP contribution is -2.11. The van der Waals surface area contributed by atoms with E-state index < -0.39 is 0 Å². The van der Waals surface area contributed by atoms with Gasteiger partial charge in [0.25, 0.3) is 0 Å². The Kier molecular flexibility index (Phi) is 5.17. The number of benzene rings is 2. The molecule has 104 valence electrons. The van der Waals surface area contributed by atoms with Crippen LogP contribution in [0, 0.1) is 0 Å². The fraction of sp³-hybridized carbons (Fsp3) is 0.0714. The first kappa shape index (κ1) is 15.5. The van der Waals surface area contributed by atoms with Crippen LogP contribution in [0.5, 0.6) is 5.75 Å². The number of Topliss-reactive ketones (excluding diaryl/α,β-unsaturated/α-hetero) is 1. The third-order valence-corrected chi connectivity index (χ3v) is 4.06. The standard InChI is InChI=1S/C14H8Cl4O2/c15-9-5-4-8(6-11(9)17)12(19)7-20-13-3-1-2-10(16)14(13)18/h1-6H,7H2. The Morgan fingerprint density at radius 2 is 1.70 bits per heavy atom. The van der Waals surface area contributed by atoms with Crippen molar-refractivity contribution in [1.82, 2.24) is 0 Å². The maximum Gasteiger partial charge on any atom is 0.200 e. The highest BCUT2D eigenvalue weighted by Gasteiger charge is 2.11. The lowest BCUT2D eigenvalue weighted by atomic mass is 10.1. The van der Waals surface area contributed by atoms with Gasteiger partial charge in [0.2, 0.25) is 0 Å². The van der Waals surface area contributed by atoms with E-state index in [0.29, 0.717) is 26.4 Å². The van der Waals surface area contributed by atoms with Gasteiger partial charge in [-0.2, -0.15) is 0 Å². The second-order valence-corrected chi connectivity index (χ2v) is 5.49. The minimum Gasteiger partial charge on any atom is -0.484 e. The summed E-state index contributed by atoms with van der Waals surface area (Å²) in [6, 6.07) is 9.60. The van der Waals surface area contributed by atoms with Crippen molar-refractivity contribution in [1.29, 1.82) is 0 Å². The van der Waals surface area contributed by atoms with E-state index in [1.807, 2.05) is 0 Å². The molecule has 0 aromatic heterocycles. The molecule has 2 rings (SSSR count). The Morgan fingerprint density at radius 1 is 0.950 bits per heavy atom. The average molecular weight is 350 g/mol. The first-order valence-corrected chi connectivity index (χ1v) is 7.05. The molecule has 0 atom stereocenters. The predicted octanol–water partition coefficient (Wildman–Crippen LogP) is 5.56. The average Bonchev–Trinajstić information content (AvgIpc) is 2.43. The van der Waals surface area contributed by atoms with Crippen LogP contribution in [0.3, 0.4) is 0 Å². The highest BCUT2D eigenvalue weighted by molar-refractivity contribution is 6.43. The zero-order chi connectivity index (χ0) is 14.7. The van der Waals surface area contributed by atoms with E-state index in [1.165, 1.54) is 6.07 Å². The summed E-state index contributed by atoms with van der Waals surface area (Å²) in [6.07, 6.45) is 0. The minimum absolute atomic E-state index is 0.169. The van der Waals surface area contributed by atoms with Gasteiger partial charge in [0.05, 0.1) is 15.1 Å². The van der Waals surface area contributed by atoms with Gasteiger partial charge in [0.1, 0.15) is 10.8 Å². The van der Waals surface area contributed by atoms with Gasteiger partial charge in [-0.1, -0.05) is 52.5 Å². The van der Waals surface area contributed by atoms with Crippen molar-refractivity contribution in [2.45, 2.75) is 0 Å². The van der Waals surface area contributed by atoms with Crippen molar-refractivity contribution < 1.29 is 9.53 Å². The largest absolute Gasteiger partial charge is 0.484 e. The van der Waals surface area contributed by atoms with Crippen molar-refractivity contribution in [2.75, 3.05) is 6.61 Å². The van der Waals surface area contributed by atoms with Crippen molar-refractivity contribution in [3.8, 4) is 5.75 Å². The Bertz CT molecular complexity index is 656. The summed E-state index contributed by atoms with van der Waals surface area (Å²) < 4.78 is 5.36. The molecule has 0 saturated heterocycles. The van der Waals surface area contributed by atoms with E-state index in [-0.39, 0.29) is 17.4 Å². The fourth-order valence-electron chi connectivity index (χ4n) is 1.49. The molecule has 0 aliphatic rings. The fourth-order valence-corrected chi connectivity index (χ4v) is 2.14. The summed E-state index contributed by atoms with van der Waals surface area (Å²) in [5.74, 6) is 0.118. The summed E-state index contributed by atoms with van der Waals surface area (Å²) in [6.45, 7) is -0.169.